The van der Waals surface area contributed by atoms with Crippen molar-refractivity contribution in [2.45, 2.75) is 24.9 Å². The summed E-state index contributed by atoms with van der Waals surface area (Å²) in [7, 11) is 0. The molecule has 0 bridgehead atoms. The maximum Gasteiger partial charge on any atom is 0.422 e. The quantitative estimate of drug-likeness (QED) is 0.294. The fourth-order valence-electron chi connectivity index (χ4n) is 3.76. The van der Waals surface area contributed by atoms with Crippen LogP contribution in [0.1, 0.15) is 16.9 Å². The van der Waals surface area contributed by atoms with Crippen molar-refractivity contribution < 1.29 is 27.6 Å². The molecule has 2 N–H and O–H groups in total. The van der Waals surface area contributed by atoms with Gasteiger partial charge in [0.25, 0.3) is 5.69 Å². The van der Waals surface area contributed by atoms with Gasteiger partial charge in [-0.2, -0.15) is 13.2 Å². The van der Waals surface area contributed by atoms with Gasteiger partial charge in [-0.25, -0.2) is 0 Å². The number of alkyl halides is 3. The van der Waals surface area contributed by atoms with Gasteiger partial charge in [-0.15, -0.1) is 0 Å². The average Bonchev–Trinajstić information content (AvgIpc) is 3.41. The van der Waals surface area contributed by atoms with Gasteiger partial charge in [-0.3, -0.25) is 10.1 Å². The molecule has 2 aromatic carbocycles. The smallest absolute Gasteiger partial charge is 0.422 e. The van der Waals surface area contributed by atoms with Crippen molar-refractivity contribution >= 4 is 16.6 Å². The van der Waals surface area contributed by atoms with Gasteiger partial charge < -0.3 is 19.4 Å². The van der Waals surface area contributed by atoms with Crippen LogP contribution in [0.5, 0.6) is 0 Å². The van der Waals surface area contributed by atoms with E-state index in [1.807, 2.05) is 0 Å². The van der Waals surface area contributed by atoms with Crippen LogP contribution in [0.2, 0.25) is 0 Å². The van der Waals surface area contributed by atoms with Gasteiger partial charge in [0.15, 0.2) is 5.60 Å². The SMILES string of the molecule is O=[N+]([O-])c1ccc2c(C(O)(CNCc3ccco3)C(F)(F)F)cn(Cc3ccccc3)c2c1. The number of nitro benzene ring substituents is 1. The first-order valence-electron chi connectivity index (χ1n) is 10.0. The van der Waals surface area contributed by atoms with Crippen molar-refractivity contribution in [3.05, 3.63) is 100 Å². The molecule has 0 aliphatic rings. The molecule has 172 valence electrons. The Morgan fingerprint density at radius 3 is 2.48 bits per heavy atom. The molecule has 4 aromatic rings. The van der Waals surface area contributed by atoms with Crippen LogP contribution in [0.15, 0.2) is 77.5 Å². The van der Waals surface area contributed by atoms with Crippen LogP contribution in [0.3, 0.4) is 0 Å². The molecule has 0 saturated heterocycles. The number of nitro groups is 1. The van der Waals surface area contributed by atoms with Crippen LogP contribution in [0.25, 0.3) is 10.9 Å². The molecule has 4 rings (SSSR count). The third kappa shape index (κ3) is 4.48. The molecule has 0 spiro atoms. The van der Waals surface area contributed by atoms with Gasteiger partial charge in [-0.05, 0) is 23.8 Å². The Kier molecular flexibility index (Phi) is 5.96. The molecule has 0 fully saturated rings. The number of non-ortho nitro benzene ring substituents is 1. The summed E-state index contributed by atoms with van der Waals surface area (Å²) in [5.41, 5.74) is -2.87. The topological polar surface area (TPSA) is 93.5 Å². The first-order valence-corrected chi connectivity index (χ1v) is 10.0. The number of fused-ring (bicyclic) bond motifs is 1. The number of benzene rings is 2. The fourth-order valence-corrected chi connectivity index (χ4v) is 3.76. The number of hydrogen-bond acceptors (Lipinski definition) is 5. The lowest BCUT2D eigenvalue weighted by Gasteiger charge is -2.30. The molecule has 2 aromatic heterocycles. The summed E-state index contributed by atoms with van der Waals surface area (Å²) in [5, 5.41) is 24.9. The first-order chi connectivity index (χ1) is 15.7. The van der Waals surface area contributed by atoms with E-state index in [4.69, 9.17) is 4.42 Å². The second kappa shape index (κ2) is 8.72. The van der Waals surface area contributed by atoms with Gasteiger partial charge in [-0.1, -0.05) is 30.3 Å². The maximum absolute atomic E-state index is 14.2. The minimum absolute atomic E-state index is 0.0144. The number of halogens is 3. The predicted octanol–water partition coefficient (Wildman–Crippen LogP) is 4.73. The van der Waals surface area contributed by atoms with Crippen LogP contribution >= 0.6 is 0 Å². The fraction of sp³-hybridized carbons (Fsp3) is 0.217. The number of aliphatic hydroxyl groups is 1. The standard InChI is InChI=1S/C23H20F3N3O4/c24-23(25,26)22(30,15-27-12-18-7-4-10-33-18)20-14-28(13-16-5-2-1-3-6-16)21-11-17(29(31)32)8-9-19(20)21/h1-11,14,27,30H,12-13,15H2. The van der Waals surface area contributed by atoms with Crippen molar-refractivity contribution in [2.75, 3.05) is 6.54 Å². The average molecular weight is 459 g/mol. The summed E-state index contributed by atoms with van der Waals surface area (Å²) >= 11 is 0. The number of rotatable bonds is 8. The van der Waals surface area contributed by atoms with E-state index < -0.39 is 23.2 Å². The van der Waals surface area contributed by atoms with Crippen molar-refractivity contribution in [2.24, 2.45) is 0 Å². The highest BCUT2D eigenvalue weighted by atomic mass is 19.4. The Balaban J connectivity index is 1.79. The lowest BCUT2D eigenvalue weighted by Crippen LogP contribution is -2.49. The minimum atomic E-state index is -5.02. The van der Waals surface area contributed by atoms with E-state index in [1.54, 1.807) is 42.5 Å². The highest BCUT2D eigenvalue weighted by Gasteiger charge is 2.56. The van der Waals surface area contributed by atoms with E-state index in [9.17, 15) is 28.4 Å². The third-order valence-corrected chi connectivity index (χ3v) is 5.45. The molecule has 2 heterocycles. The van der Waals surface area contributed by atoms with E-state index in [1.165, 1.54) is 29.2 Å². The summed E-state index contributed by atoms with van der Waals surface area (Å²) in [5.74, 6) is 0.418. The van der Waals surface area contributed by atoms with Gasteiger partial charge in [0.1, 0.15) is 5.76 Å². The summed E-state index contributed by atoms with van der Waals surface area (Å²) in [6.45, 7) is -0.676. The Labute approximate surface area is 186 Å². The van der Waals surface area contributed by atoms with E-state index in [0.29, 0.717) is 5.76 Å². The van der Waals surface area contributed by atoms with E-state index in [2.05, 4.69) is 5.32 Å². The highest BCUT2D eigenvalue weighted by molar-refractivity contribution is 5.87. The first kappa shape index (κ1) is 22.6. The zero-order chi connectivity index (χ0) is 23.6. The van der Waals surface area contributed by atoms with Crippen molar-refractivity contribution in [1.82, 2.24) is 9.88 Å². The number of hydrogen-bond donors (Lipinski definition) is 2. The lowest BCUT2D eigenvalue weighted by molar-refractivity contribution is -0.384. The molecule has 0 radical (unpaired) electrons. The van der Waals surface area contributed by atoms with Crippen LogP contribution < -0.4 is 5.32 Å². The van der Waals surface area contributed by atoms with Crippen molar-refractivity contribution in [3.63, 3.8) is 0 Å². The maximum atomic E-state index is 14.2. The summed E-state index contributed by atoms with van der Waals surface area (Å²) < 4.78 is 49.2. The molecular formula is C23H20F3N3O4. The zero-order valence-electron chi connectivity index (χ0n) is 17.2. The van der Waals surface area contributed by atoms with E-state index in [0.717, 1.165) is 11.6 Å². The molecule has 1 unspecified atom stereocenters. The van der Waals surface area contributed by atoms with E-state index >= 15 is 0 Å². The van der Waals surface area contributed by atoms with Crippen molar-refractivity contribution in [1.29, 1.82) is 0 Å². The Morgan fingerprint density at radius 2 is 1.85 bits per heavy atom. The number of nitrogens with one attached hydrogen (secondary N) is 1. The minimum Gasteiger partial charge on any atom is -0.468 e. The Hall–Kier alpha value is -3.63. The van der Waals surface area contributed by atoms with Gasteiger partial charge in [0.05, 0.1) is 23.2 Å². The third-order valence-electron chi connectivity index (χ3n) is 5.45. The number of aromatic nitrogens is 1. The summed E-state index contributed by atoms with van der Waals surface area (Å²) in [4.78, 5) is 10.7. The Morgan fingerprint density at radius 1 is 1.09 bits per heavy atom. The second-order valence-corrected chi connectivity index (χ2v) is 7.66. The monoisotopic (exact) mass is 459 g/mol. The molecule has 10 heteroatoms. The van der Waals surface area contributed by atoms with Crippen molar-refractivity contribution in [3.8, 4) is 0 Å². The second-order valence-electron chi connectivity index (χ2n) is 7.66. The van der Waals surface area contributed by atoms with Crippen LogP contribution in [-0.4, -0.2) is 27.3 Å². The van der Waals surface area contributed by atoms with Crippen LogP contribution in [-0.2, 0) is 18.7 Å². The highest BCUT2D eigenvalue weighted by Crippen LogP contribution is 2.43. The summed E-state index contributed by atoms with van der Waals surface area (Å²) in [6, 6.07) is 15.8. The molecule has 0 aliphatic heterocycles. The molecule has 0 aliphatic carbocycles. The largest absolute Gasteiger partial charge is 0.468 e. The summed E-state index contributed by atoms with van der Waals surface area (Å²) in [6.07, 6.45) is -2.41. The zero-order valence-corrected chi connectivity index (χ0v) is 17.2. The van der Waals surface area contributed by atoms with E-state index in [-0.39, 0.29) is 35.2 Å². The number of nitrogens with zero attached hydrogens (tertiary/aromatic N) is 2. The molecule has 0 amide bonds. The molecule has 1 atom stereocenters. The number of furan rings is 1. The van der Waals surface area contributed by atoms with Gasteiger partial charge >= 0.3 is 6.18 Å². The molecule has 0 saturated carbocycles. The molecular weight excluding hydrogens is 439 g/mol. The van der Waals surface area contributed by atoms with Gasteiger partial charge in [0, 0.05) is 42.4 Å². The van der Waals surface area contributed by atoms with Gasteiger partial charge in [0.2, 0.25) is 0 Å². The Bertz CT molecular complexity index is 1250. The lowest BCUT2D eigenvalue weighted by atomic mass is 9.92. The molecule has 7 nitrogen and oxygen atoms in total. The van der Waals surface area contributed by atoms with Crippen LogP contribution in [0, 0.1) is 10.1 Å². The predicted molar refractivity (Wildman–Crippen MR) is 115 cm³/mol. The normalized spacial score (nSPS) is 13.8. The van der Waals surface area contributed by atoms with Crippen LogP contribution in [0.4, 0.5) is 18.9 Å². The molecule has 33 heavy (non-hydrogen) atoms.